The maximum atomic E-state index is 11.0. The molecular formula is C21H27N3O2S2. The molecule has 150 valence electrons. The molecule has 1 N–H and O–H groups in total. The molecule has 0 fully saturated rings. The van der Waals surface area contributed by atoms with E-state index in [-0.39, 0.29) is 6.04 Å². The van der Waals surface area contributed by atoms with Crippen molar-refractivity contribution in [2.45, 2.75) is 44.6 Å². The molecule has 1 unspecified atom stereocenters. The number of thiazole rings is 1. The third-order valence-electron chi connectivity index (χ3n) is 4.38. The Balaban J connectivity index is 2.20. The number of nitrogens with one attached hydrogen (secondary N) is 1. The number of rotatable bonds is 11. The van der Waals surface area contributed by atoms with Gasteiger partial charge >= 0.3 is 0 Å². The van der Waals surface area contributed by atoms with Crippen LogP contribution in [0.1, 0.15) is 33.6 Å². The van der Waals surface area contributed by atoms with Crippen LogP contribution >= 0.6 is 23.3 Å². The minimum Gasteiger partial charge on any atom is -0.426 e. The topological polar surface area (TPSA) is 54.5 Å². The first-order valence-electron chi connectivity index (χ1n) is 9.25. The molecule has 0 amide bonds. The number of hydrogen-bond donors (Lipinski definition) is 1. The Kier molecular flexibility index (Phi) is 9.10. The molecule has 7 heteroatoms. The number of allylic oxidation sites excluding steroid dienone is 3. The summed E-state index contributed by atoms with van der Waals surface area (Å²) in [6, 6.07) is 6.03. The molecule has 2 aromatic rings. The molecule has 0 bridgehead atoms. The van der Waals surface area contributed by atoms with Crippen molar-refractivity contribution in [3.63, 3.8) is 0 Å². The minimum atomic E-state index is 0.174. The van der Waals surface area contributed by atoms with E-state index in [1.807, 2.05) is 30.6 Å². The summed E-state index contributed by atoms with van der Waals surface area (Å²) >= 11 is 2.97. The number of carbonyl (C=O) groups excluding carboxylic acids is 1. The Morgan fingerprint density at radius 3 is 2.89 bits per heavy atom. The Hall–Kier alpha value is -2.25. The molecule has 0 saturated carbocycles. The minimum absolute atomic E-state index is 0.174. The van der Waals surface area contributed by atoms with Crippen molar-refractivity contribution in [1.82, 2.24) is 4.98 Å². The monoisotopic (exact) mass is 417 g/mol. The quantitative estimate of drug-likeness (QED) is 0.278. The second-order valence-electron chi connectivity index (χ2n) is 6.10. The zero-order valence-corrected chi connectivity index (χ0v) is 18.3. The summed E-state index contributed by atoms with van der Waals surface area (Å²) in [6.07, 6.45) is 10.1. The van der Waals surface area contributed by atoms with Gasteiger partial charge in [0.1, 0.15) is 0 Å². The smallest absolute Gasteiger partial charge is 0.298 e. The Bertz CT molecular complexity index is 804. The molecule has 2 rings (SSSR count). The van der Waals surface area contributed by atoms with E-state index in [0.29, 0.717) is 12.2 Å². The highest BCUT2D eigenvalue weighted by Gasteiger charge is 2.18. The maximum Gasteiger partial charge on any atom is 0.298 e. The highest BCUT2D eigenvalue weighted by molar-refractivity contribution is 8.00. The standard InChI is InChI=1S/C21H27N3O2S2/c1-5-7-8-9-17(6-2)16(3)24(4)19-11-10-18(14-20(19)26-15-25)28-23-21-22-12-13-27-21/h7-16H,5-6H2,1-4H3,(H,22,23)/b8-7-,17-9+. The second kappa shape index (κ2) is 11.6. The van der Waals surface area contributed by atoms with Crippen molar-refractivity contribution in [3.05, 3.63) is 53.6 Å². The van der Waals surface area contributed by atoms with E-state index >= 15 is 0 Å². The van der Waals surface area contributed by atoms with Gasteiger partial charge in [-0.2, -0.15) is 0 Å². The fourth-order valence-electron chi connectivity index (χ4n) is 2.71. The zero-order valence-electron chi connectivity index (χ0n) is 16.7. The molecule has 0 aliphatic rings. The van der Waals surface area contributed by atoms with Crippen LogP contribution in [-0.4, -0.2) is 24.5 Å². The zero-order chi connectivity index (χ0) is 20.4. The van der Waals surface area contributed by atoms with E-state index in [9.17, 15) is 4.79 Å². The van der Waals surface area contributed by atoms with Gasteiger partial charge in [-0.25, -0.2) is 4.98 Å². The van der Waals surface area contributed by atoms with Crippen molar-refractivity contribution in [3.8, 4) is 5.75 Å². The van der Waals surface area contributed by atoms with Gasteiger partial charge in [0.15, 0.2) is 10.9 Å². The van der Waals surface area contributed by atoms with Crippen LogP contribution in [0, 0.1) is 0 Å². The Morgan fingerprint density at radius 2 is 2.25 bits per heavy atom. The van der Waals surface area contributed by atoms with E-state index in [4.69, 9.17) is 4.74 Å². The summed E-state index contributed by atoms with van der Waals surface area (Å²) in [5, 5.41) is 2.74. The van der Waals surface area contributed by atoms with Crippen LogP contribution in [-0.2, 0) is 4.79 Å². The first kappa shape index (κ1) is 22.0. The molecule has 1 aromatic heterocycles. The number of likely N-dealkylation sites (N-methyl/N-ethyl adjacent to an activating group) is 1. The normalized spacial score (nSPS) is 12.8. The van der Waals surface area contributed by atoms with Crippen LogP contribution in [0.15, 0.2) is 58.5 Å². The van der Waals surface area contributed by atoms with Gasteiger partial charge in [0, 0.05) is 29.6 Å². The van der Waals surface area contributed by atoms with Crippen molar-refractivity contribution >= 4 is 40.6 Å². The Morgan fingerprint density at radius 1 is 1.43 bits per heavy atom. The molecule has 0 spiro atoms. The van der Waals surface area contributed by atoms with E-state index in [0.717, 1.165) is 28.6 Å². The predicted molar refractivity (Wildman–Crippen MR) is 120 cm³/mol. The van der Waals surface area contributed by atoms with Crippen LogP contribution in [0.4, 0.5) is 10.8 Å². The van der Waals surface area contributed by atoms with Crippen LogP contribution in [0.25, 0.3) is 0 Å². The lowest BCUT2D eigenvalue weighted by Crippen LogP contribution is -2.30. The van der Waals surface area contributed by atoms with Crippen molar-refractivity contribution < 1.29 is 9.53 Å². The fourth-order valence-corrected chi connectivity index (χ4v) is 3.96. The lowest BCUT2D eigenvalue weighted by Gasteiger charge is -2.30. The lowest BCUT2D eigenvalue weighted by molar-refractivity contribution is -0.120. The molecular weight excluding hydrogens is 390 g/mol. The molecule has 28 heavy (non-hydrogen) atoms. The van der Waals surface area contributed by atoms with Gasteiger partial charge < -0.3 is 14.4 Å². The summed E-state index contributed by atoms with van der Waals surface area (Å²) in [5.74, 6) is 0.537. The van der Waals surface area contributed by atoms with Crippen LogP contribution in [0.3, 0.4) is 0 Å². The summed E-state index contributed by atoms with van der Waals surface area (Å²) in [6.45, 7) is 6.91. The van der Waals surface area contributed by atoms with E-state index < -0.39 is 0 Å². The van der Waals surface area contributed by atoms with Gasteiger partial charge in [-0.05, 0) is 55.5 Å². The lowest BCUT2D eigenvalue weighted by atomic mass is 10.0. The molecule has 0 saturated heterocycles. The van der Waals surface area contributed by atoms with Crippen molar-refractivity contribution in [2.24, 2.45) is 0 Å². The summed E-state index contributed by atoms with van der Waals surface area (Å²) in [5.41, 5.74) is 2.19. The van der Waals surface area contributed by atoms with E-state index in [1.165, 1.54) is 28.9 Å². The number of benzene rings is 1. The van der Waals surface area contributed by atoms with Gasteiger partial charge in [-0.3, -0.25) is 4.79 Å². The van der Waals surface area contributed by atoms with Crippen molar-refractivity contribution in [2.75, 3.05) is 16.7 Å². The third kappa shape index (κ3) is 6.14. The average Bonchev–Trinajstić information content (AvgIpc) is 3.23. The number of ether oxygens (including phenoxy) is 1. The molecule has 0 radical (unpaired) electrons. The highest BCUT2D eigenvalue weighted by Crippen LogP contribution is 2.35. The number of aromatic nitrogens is 1. The largest absolute Gasteiger partial charge is 0.426 e. The predicted octanol–water partition coefficient (Wildman–Crippen LogP) is 5.92. The van der Waals surface area contributed by atoms with Gasteiger partial charge in [0.25, 0.3) is 6.47 Å². The first-order chi connectivity index (χ1) is 13.6. The molecule has 1 heterocycles. The molecule has 0 aliphatic carbocycles. The molecule has 1 aromatic carbocycles. The van der Waals surface area contributed by atoms with Crippen LogP contribution in [0.2, 0.25) is 0 Å². The third-order valence-corrected chi connectivity index (χ3v) is 5.99. The fraction of sp³-hybridized carbons (Fsp3) is 0.333. The van der Waals surface area contributed by atoms with Crippen LogP contribution in [0.5, 0.6) is 5.75 Å². The summed E-state index contributed by atoms with van der Waals surface area (Å²) in [4.78, 5) is 18.3. The van der Waals surface area contributed by atoms with Gasteiger partial charge in [0.05, 0.1) is 5.69 Å². The SMILES string of the molecule is CC/C=C\C=C(/CC)C(C)N(C)c1ccc(SNc2nccs2)cc1OC=O. The number of nitrogens with zero attached hydrogens (tertiary/aromatic N) is 2. The number of carbonyl (C=O) groups is 1. The maximum absolute atomic E-state index is 11.0. The van der Waals surface area contributed by atoms with E-state index in [1.54, 1.807) is 6.20 Å². The number of anilines is 2. The highest BCUT2D eigenvalue weighted by atomic mass is 32.2. The van der Waals surface area contributed by atoms with Crippen molar-refractivity contribution in [1.29, 1.82) is 0 Å². The average molecular weight is 418 g/mol. The molecule has 5 nitrogen and oxygen atoms in total. The van der Waals surface area contributed by atoms with Gasteiger partial charge in [-0.1, -0.05) is 32.1 Å². The molecule has 1 atom stereocenters. The van der Waals surface area contributed by atoms with Gasteiger partial charge in [-0.15, -0.1) is 11.3 Å². The Labute approximate surface area is 175 Å². The number of hydrogen-bond acceptors (Lipinski definition) is 7. The second-order valence-corrected chi connectivity index (χ2v) is 7.88. The van der Waals surface area contributed by atoms with Gasteiger partial charge in [0.2, 0.25) is 0 Å². The summed E-state index contributed by atoms with van der Waals surface area (Å²) < 4.78 is 8.48. The first-order valence-corrected chi connectivity index (χ1v) is 10.9. The summed E-state index contributed by atoms with van der Waals surface area (Å²) in [7, 11) is 2.02. The van der Waals surface area contributed by atoms with E-state index in [2.05, 4.69) is 53.6 Å². The molecule has 0 aliphatic heterocycles. The van der Waals surface area contributed by atoms with Crippen LogP contribution < -0.4 is 14.4 Å².